The Morgan fingerprint density at radius 2 is 1.78 bits per heavy atom. The third kappa shape index (κ3) is 5.75. The number of carbonyl (C=O) groups is 1. The first-order valence-electron chi connectivity index (χ1n) is 8.38. The first-order chi connectivity index (χ1) is 12.6. The van der Waals surface area contributed by atoms with Crippen LogP contribution < -0.4 is 9.62 Å². The van der Waals surface area contributed by atoms with Crippen LogP contribution in [0.3, 0.4) is 0 Å². The zero-order chi connectivity index (χ0) is 20.2. The van der Waals surface area contributed by atoms with Gasteiger partial charge < -0.3 is 5.32 Å². The van der Waals surface area contributed by atoms with E-state index in [0.717, 1.165) is 29.5 Å². The van der Waals surface area contributed by atoms with E-state index < -0.39 is 27.6 Å². The summed E-state index contributed by atoms with van der Waals surface area (Å²) in [5, 5.41) is 2.36. The highest BCUT2D eigenvalue weighted by Crippen LogP contribution is 2.22. The normalized spacial score (nSPS) is 11.3. The first-order valence-corrected chi connectivity index (χ1v) is 10.2. The average molecular weight is 396 g/mol. The lowest BCUT2D eigenvalue weighted by Gasteiger charge is -2.23. The number of aryl methyl sites for hydroxylation is 2. The van der Waals surface area contributed by atoms with Gasteiger partial charge >= 0.3 is 0 Å². The number of nitrogens with one attached hydrogen (secondary N) is 1. The standard InChI is InChI=1S/C19H22F2N2O3S/c1-13-6-8-16(11-14(13)2)23(27(3,25)26)10-4-5-19(24)22-18-9-7-15(20)12-17(18)21/h6-9,11-12H,4-5,10H2,1-3H3,(H,22,24). The summed E-state index contributed by atoms with van der Waals surface area (Å²) in [5.41, 5.74) is 2.43. The van der Waals surface area contributed by atoms with Gasteiger partial charge in [-0.3, -0.25) is 9.10 Å². The van der Waals surface area contributed by atoms with Crippen LogP contribution in [0.5, 0.6) is 0 Å². The Kier molecular flexibility index (Phi) is 6.54. The Morgan fingerprint density at radius 1 is 1.07 bits per heavy atom. The zero-order valence-corrected chi connectivity index (χ0v) is 16.2. The van der Waals surface area contributed by atoms with Crippen molar-refractivity contribution in [3.05, 3.63) is 59.2 Å². The molecule has 146 valence electrons. The maximum atomic E-state index is 13.6. The maximum absolute atomic E-state index is 13.6. The summed E-state index contributed by atoms with van der Waals surface area (Å²) in [6.45, 7) is 3.94. The second kappa shape index (κ2) is 8.47. The molecule has 1 N–H and O–H groups in total. The first kappa shape index (κ1) is 20.8. The van der Waals surface area contributed by atoms with Gasteiger partial charge in [-0.15, -0.1) is 0 Å². The van der Waals surface area contributed by atoms with Gasteiger partial charge in [0.05, 0.1) is 17.6 Å². The Hall–Kier alpha value is -2.48. The molecule has 0 spiro atoms. The van der Waals surface area contributed by atoms with Gasteiger partial charge in [0.1, 0.15) is 11.6 Å². The molecule has 0 aliphatic rings. The molecular weight excluding hydrogens is 374 g/mol. The van der Waals surface area contributed by atoms with Crippen molar-refractivity contribution >= 4 is 27.3 Å². The van der Waals surface area contributed by atoms with E-state index >= 15 is 0 Å². The van der Waals surface area contributed by atoms with E-state index in [1.807, 2.05) is 19.9 Å². The predicted molar refractivity (Wildman–Crippen MR) is 102 cm³/mol. The van der Waals surface area contributed by atoms with Crippen molar-refractivity contribution in [1.29, 1.82) is 0 Å². The van der Waals surface area contributed by atoms with Crippen molar-refractivity contribution in [2.75, 3.05) is 22.4 Å². The SMILES string of the molecule is Cc1ccc(N(CCCC(=O)Nc2ccc(F)cc2F)S(C)(=O)=O)cc1C. The number of benzene rings is 2. The van der Waals surface area contributed by atoms with Crippen LogP contribution in [-0.4, -0.2) is 27.1 Å². The topological polar surface area (TPSA) is 66.5 Å². The van der Waals surface area contributed by atoms with Crippen molar-refractivity contribution in [2.24, 2.45) is 0 Å². The molecule has 0 unspecified atom stereocenters. The van der Waals surface area contributed by atoms with Crippen LogP contribution in [0, 0.1) is 25.5 Å². The molecule has 2 aromatic carbocycles. The van der Waals surface area contributed by atoms with Gasteiger partial charge in [-0.25, -0.2) is 17.2 Å². The van der Waals surface area contributed by atoms with Gasteiger partial charge in [-0.05, 0) is 55.7 Å². The number of nitrogens with zero attached hydrogens (tertiary/aromatic N) is 1. The van der Waals surface area contributed by atoms with Crippen molar-refractivity contribution < 1.29 is 22.0 Å². The quantitative estimate of drug-likeness (QED) is 0.775. The van der Waals surface area contributed by atoms with Crippen LogP contribution in [0.15, 0.2) is 36.4 Å². The molecule has 0 aliphatic carbocycles. The number of sulfonamides is 1. The van der Waals surface area contributed by atoms with Gasteiger partial charge in [0.2, 0.25) is 15.9 Å². The smallest absolute Gasteiger partial charge is 0.232 e. The van der Waals surface area contributed by atoms with Crippen LogP contribution >= 0.6 is 0 Å². The van der Waals surface area contributed by atoms with Gasteiger partial charge in [-0.1, -0.05) is 6.07 Å². The van der Waals surface area contributed by atoms with Crippen molar-refractivity contribution in [3.8, 4) is 0 Å². The molecule has 2 rings (SSSR count). The van der Waals surface area contributed by atoms with Gasteiger partial charge in [-0.2, -0.15) is 0 Å². The minimum Gasteiger partial charge on any atom is -0.324 e. The highest BCUT2D eigenvalue weighted by molar-refractivity contribution is 7.92. The number of rotatable bonds is 7. The fourth-order valence-electron chi connectivity index (χ4n) is 2.55. The molecule has 0 bridgehead atoms. The van der Waals surface area contributed by atoms with E-state index in [2.05, 4.69) is 5.32 Å². The predicted octanol–water partition coefficient (Wildman–Crippen LogP) is 3.77. The third-order valence-corrected chi connectivity index (χ3v) is 5.34. The summed E-state index contributed by atoms with van der Waals surface area (Å²) in [5.74, 6) is -2.08. The largest absolute Gasteiger partial charge is 0.324 e. The summed E-state index contributed by atoms with van der Waals surface area (Å²) in [6, 6.07) is 8.21. The monoisotopic (exact) mass is 396 g/mol. The van der Waals surface area contributed by atoms with Crippen molar-refractivity contribution in [1.82, 2.24) is 0 Å². The van der Waals surface area contributed by atoms with E-state index in [9.17, 15) is 22.0 Å². The fourth-order valence-corrected chi connectivity index (χ4v) is 3.51. The number of halogens is 2. The second-order valence-corrected chi connectivity index (χ2v) is 8.29. The molecule has 0 atom stereocenters. The summed E-state index contributed by atoms with van der Waals surface area (Å²) in [7, 11) is -3.52. The number of amides is 1. The summed E-state index contributed by atoms with van der Waals surface area (Å²) >= 11 is 0. The molecule has 8 heteroatoms. The highest BCUT2D eigenvalue weighted by Gasteiger charge is 2.18. The Labute approximate surface area is 158 Å². The minimum absolute atomic E-state index is 0.00627. The molecule has 0 fully saturated rings. The molecule has 2 aromatic rings. The Bertz CT molecular complexity index is 946. The lowest BCUT2D eigenvalue weighted by Crippen LogP contribution is -2.31. The number of carbonyl (C=O) groups excluding carboxylic acids is 1. The zero-order valence-electron chi connectivity index (χ0n) is 15.4. The molecule has 0 saturated carbocycles. The molecule has 1 amide bonds. The molecular formula is C19H22F2N2O3S. The van der Waals surface area contributed by atoms with Gasteiger partial charge in [0, 0.05) is 19.0 Å². The van der Waals surface area contributed by atoms with E-state index in [0.29, 0.717) is 11.8 Å². The van der Waals surface area contributed by atoms with Gasteiger partial charge in [0.15, 0.2) is 0 Å². The molecule has 0 heterocycles. The fraction of sp³-hybridized carbons (Fsp3) is 0.316. The summed E-state index contributed by atoms with van der Waals surface area (Å²) < 4.78 is 51.9. The second-order valence-electron chi connectivity index (χ2n) is 6.38. The van der Waals surface area contributed by atoms with E-state index in [4.69, 9.17) is 0 Å². The van der Waals surface area contributed by atoms with Crippen LogP contribution in [0.25, 0.3) is 0 Å². The molecule has 0 aromatic heterocycles. The molecule has 0 radical (unpaired) electrons. The summed E-state index contributed by atoms with van der Waals surface area (Å²) in [6.07, 6.45) is 1.35. The highest BCUT2D eigenvalue weighted by atomic mass is 32.2. The Morgan fingerprint density at radius 3 is 2.37 bits per heavy atom. The van der Waals surface area contributed by atoms with E-state index in [1.165, 1.54) is 4.31 Å². The average Bonchev–Trinajstić information content (AvgIpc) is 2.56. The van der Waals surface area contributed by atoms with Crippen molar-refractivity contribution in [2.45, 2.75) is 26.7 Å². The molecule has 0 saturated heterocycles. The van der Waals surface area contributed by atoms with Crippen LogP contribution in [-0.2, 0) is 14.8 Å². The molecule has 0 aliphatic heterocycles. The Balaban J connectivity index is 2.01. The van der Waals surface area contributed by atoms with Gasteiger partial charge in [0.25, 0.3) is 0 Å². The number of hydrogen-bond acceptors (Lipinski definition) is 3. The van der Waals surface area contributed by atoms with Crippen LogP contribution in [0.1, 0.15) is 24.0 Å². The lowest BCUT2D eigenvalue weighted by atomic mass is 10.1. The lowest BCUT2D eigenvalue weighted by molar-refractivity contribution is -0.116. The maximum Gasteiger partial charge on any atom is 0.232 e. The van der Waals surface area contributed by atoms with Crippen LogP contribution in [0.2, 0.25) is 0 Å². The number of anilines is 2. The minimum atomic E-state index is -3.52. The van der Waals surface area contributed by atoms with Crippen LogP contribution in [0.4, 0.5) is 20.2 Å². The molecule has 27 heavy (non-hydrogen) atoms. The summed E-state index contributed by atoms with van der Waals surface area (Å²) in [4.78, 5) is 12.0. The molecule has 5 nitrogen and oxygen atoms in total. The number of hydrogen-bond donors (Lipinski definition) is 1. The third-order valence-electron chi connectivity index (χ3n) is 4.15. The van der Waals surface area contributed by atoms with Crippen molar-refractivity contribution in [3.63, 3.8) is 0 Å². The van der Waals surface area contributed by atoms with E-state index in [1.54, 1.807) is 12.1 Å². The van der Waals surface area contributed by atoms with E-state index in [-0.39, 0.29) is 25.1 Å².